The maximum absolute atomic E-state index is 11.8. The SMILES string of the molecule is CCC(C)NNS(=O)(=O)c1ccc(C)cc1. The lowest BCUT2D eigenvalue weighted by Gasteiger charge is -2.13. The second kappa shape index (κ2) is 5.43. The summed E-state index contributed by atoms with van der Waals surface area (Å²) in [6.45, 7) is 5.82. The molecule has 1 aromatic rings. The van der Waals surface area contributed by atoms with Crippen molar-refractivity contribution in [3.8, 4) is 0 Å². The lowest BCUT2D eigenvalue weighted by Crippen LogP contribution is -2.42. The van der Waals surface area contributed by atoms with Crippen molar-refractivity contribution in [2.24, 2.45) is 0 Å². The average Bonchev–Trinajstić information content (AvgIpc) is 2.26. The summed E-state index contributed by atoms with van der Waals surface area (Å²) in [5.41, 5.74) is 3.78. The van der Waals surface area contributed by atoms with Crippen LogP contribution in [0.4, 0.5) is 0 Å². The Morgan fingerprint density at radius 3 is 2.31 bits per heavy atom. The molecule has 1 unspecified atom stereocenters. The fourth-order valence-corrected chi connectivity index (χ4v) is 2.03. The summed E-state index contributed by atoms with van der Waals surface area (Å²) in [4.78, 5) is 2.64. The average molecular weight is 242 g/mol. The second-order valence-corrected chi connectivity index (χ2v) is 5.55. The molecule has 0 aromatic heterocycles. The van der Waals surface area contributed by atoms with E-state index in [1.807, 2.05) is 20.8 Å². The standard InChI is InChI=1S/C11H18N2O2S/c1-4-10(3)12-13-16(14,15)11-7-5-9(2)6-8-11/h5-8,10,12-13H,4H2,1-3H3. The maximum Gasteiger partial charge on any atom is 0.253 e. The molecule has 0 radical (unpaired) electrons. The Labute approximate surface area is 97.1 Å². The molecule has 0 aliphatic heterocycles. The van der Waals surface area contributed by atoms with Crippen LogP contribution in [0, 0.1) is 6.92 Å². The van der Waals surface area contributed by atoms with Crippen molar-refractivity contribution in [2.45, 2.75) is 38.1 Å². The van der Waals surface area contributed by atoms with E-state index in [9.17, 15) is 8.42 Å². The third-order valence-electron chi connectivity index (χ3n) is 2.38. The molecule has 1 aromatic carbocycles. The van der Waals surface area contributed by atoms with Gasteiger partial charge in [-0.3, -0.25) is 0 Å². The molecule has 2 N–H and O–H groups in total. The van der Waals surface area contributed by atoms with Gasteiger partial charge in [0, 0.05) is 6.04 Å². The van der Waals surface area contributed by atoms with Crippen molar-refractivity contribution in [2.75, 3.05) is 0 Å². The van der Waals surface area contributed by atoms with Crippen LogP contribution in [0.15, 0.2) is 29.2 Å². The zero-order valence-electron chi connectivity index (χ0n) is 9.82. The lowest BCUT2D eigenvalue weighted by molar-refractivity contribution is 0.493. The van der Waals surface area contributed by atoms with Crippen LogP contribution in [0.3, 0.4) is 0 Å². The summed E-state index contributed by atoms with van der Waals surface area (Å²) in [5, 5.41) is 0. The molecule has 90 valence electrons. The van der Waals surface area contributed by atoms with E-state index in [2.05, 4.69) is 10.3 Å². The van der Waals surface area contributed by atoms with Crippen molar-refractivity contribution in [1.82, 2.24) is 10.3 Å². The zero-order valence-corrected chi connectivity index (χ0v) is 10.6. The van der Waals surface area contributed by atoms with Gasteiger partial charge in [-0.25, -0.2) is 13.8 Å². The molecule has 0 saturated heterocycles. The number of rotatable bonds is 5. The normalized spacial score (nSPS) is 13.7. The first-order chi connectivity index (χ1) is 7.45. The van der Waals surface area contributed by atoms with Gasteiger partial charge in [0.05, 0.1) is 4.90 Å². The molecule has 5 heteroatoms. The van der Waals surface area contributed by atoms with Crippen LogP contribution in [0.1, 0.15) is 25.8 Å². The van der Waals surface area contributed by atoms with Crippen molar-refractivity contribution in [3.63, 3.8) is 0 Å². The van der Waals surface area contributed by atoms with Crippen molar-refractivity contribution in [1.29, 1.82) is 0 Å². The third kappa shape index (κ3) is 3.59. The molecule has 16 heavy (non-hydrogen) atoms. The van der Waals surface area contributed by atoms with Crippen LogP contribution in [0.2, 0.25) is 0 Å². The Morgan fingerprint density at radius 1 is 1.25 bits per heavy atom. The summed E-state index contributed by atoms with van der Waals surface area (Å²) >= 11 is 0. The first-order valence-corrected chi connectivity index (χ1v) is 6.78. The van der Waals surface area contributed by atoms with Gasteiger partial charge in [0.2, 0.25) is 0 Å². The van der Waals surface area contributed by atoms with Crippen molar-refractivity contribution >= 4 is 10.0 Å². The van der Waals surface area contributed by atoms with Crippen LogP contribution in [0.5, 0.6) is 0 Å². The highest BCUT2D eigenvalue weighted by molar-refractivity contribution is 7.89. The number of benzene rings is 1. The number of nitrogens with one attached hydrogen (secondary N) is 2. The molecule has 1 atom stereocenters. The minimum absolute atomic E-state index is 0.111. The van der Waals surface area contributed by atoms with Gasteiger partial charge in [-0.2, -0.15) is 0 Å². The van der Waals surface area contributed by atoms with E-state index in [0.29, 0.717) is 0 Å². The van der Waals surface area contributed by atoms with E-state index >= 15 is 0 Å². The number of hydrazine groups is 1. The maximum atomic E-state index is 11.8. The van der Waals surface area contributed by atoms with E-state index in [1.54, 1.807) is 24.3 Å². The summed E-state index contributed by atoms with van der Waals surface area (Å²) in [6.07, 6.45) is 0.858. The van der Waals surface area contributed by atoms with Crippen LogP contribution >= 0.6 is 0 Å². The zero-order chi connectivity index (χ0) is 12.2. The summed E-state index contributed by atoms with van der Waals surface area (Å²) in [5.74, 6) is 0. The van der Waals surface area contributed by atoms with Gasteiger partial charge >= 0.3 is 0 Å². The quantitative estimate of drug-likeness (QED) is 0.771. The van der Waals surface area contributed by atoms with Gasteiger partial charge in [-0.1, -0.05) is 24.6 Å². The van der Waals surface area contributed by atoms with E-state index < -0.39 is 10.0 Å². The molecule has 0 heterocycles. The molecule has 0 aliphatic rings. The molecule has 0 amide bonds. The first kappa shape index (κ1) is 13.2. The van der Waals surface area contributed by atoms with E-state index in [-0.39, 0.29) is 10.9 Å². The van der Waals surface area contributed by atoms with E-state index in [1.165, 1.54) is 0 Å². The van der Waals surface area contributed by atoms with Gasteiger partial charge in [0.25, 0.3) is 10.0 Å². The van der Waals surface area contributed by atoms with Crippen LogP contribution < -0.4 is 10.3 Å². The highest BCUT2D eigenvalue weighted by atomic mass is 32.2. The van der Waals surface area contributed by atoms with Crippen LogP contribution in [-0.2, 0) is 10.0 Å². The smallest absolute Gasteiger partial charge is 0.241 e. The topological polar surface area (TPSA) is 58.2 Å². The molecule has 0 bridgehead atoms. The Balaban J connectivity index is 2.74. The van der Waals surface area contributed by atoms with Gasteiger partial charge in [0.15, 0.2) is 0 Å². The second-order valence-electron chi connectivity index (χ2n) is 3.87. The highest BCUT2D eigenvalue weighted by Gasteiger charge is 2.13. The van der Waals surface area contributed by atoms with Gasteiger partial charge in [0.1, 0.15) is 0 Å². The van der Waals surface area contributed by atoms with Gasteiger partial charge in [-0.05, 0) is 32.4 Å². The molecule has 4 nitrogen and oxygen atoms in total. The fraction of sp³-hybridized carbons (Fsp3) is 0.455. The van der Waals surface area contributed by atoms with Gasteiger partial charge in [-0.15, -0.1) is 4.83 Å². The minimum atomic E-state index is -3.44. The van der Waals surface area contributed by atoms with Crippen molar-refractivity contribution in [3.05, 3.63) is 29.8 Å². The number of sulfonamides is 1. The Morgan fingerprint density at radius 2 is 1.81 bits per heavy atom. The summed E-state index contributed by atoms with van der Waals surface area (Å²) < 4.78 is 23.6. The molecule has 0 fully saturated rings. The number of hydrogen-bond acceptors (Lipinski definition) is 3. The molecule has 0 aliphatic carbocycles. The largest absolute Gasteiger partial charge is 0.253 e. The fourth-order valence-electron chi connectivity index (χ4n) is 1.06. The molecular formula is C11H18N2O2S. The Bertz CT molecular complexity index is 426. The molecule has 1 rings (SSSR count). The monoisotopic (exact) mass is 242 g/mol. The molecule has 0 spiro atoms. The molecular weight excluding hydrogens is 224 g/mol. The number of hydrogen-bond donors (Lipinski definition) is 2. The molecule has 0 saturated carbocycles. The Hall–Kier alpha value is -0.910. The van der Waals surface area contributed by atoms with Crippen molar-refractivity contribution < 1.29 is 8.42 Å². The predicted octanol–water partition coefficient (Wildman–Crippen LogP) is 1.58. The summed E-state index contributed by atoms with van der Waals surface area (Å²) in [7, 11) is -3.44. The minimum Gasteiger partial charge on any atom is -0.241 e. The Kier molecular flexibility index (Phi) is 4.46. The van der Waals surface area contributed by atoms with E-state index in [0.717, 1.165) is 12.0 Å². The lowest BCUT2D eigenvalue weighted by atomic mass is 10.2. The third-order valence-corrected chi connectivity index (χ3v) is 3.66. The number of aryl methyl sites for hydroxylation is 1. The highest BCUT2D eigenvalue weighted by Crippen LogP contribution is 2.09. The van der Waals surface area contributed by atoms with E-state index in [4.69, 9.17) is 0 Å². The summed E-state index contributed by atoms with van der Waals surface area (Å²) in [6, 6.07) is 6.85. The van der Waals surface area contributed by atoms with Crippen LogP contribution in [-0.4, -0.2) is 14.5 Å². The van der Waals surface area contributed by atoms with Crippen LogP contribution in [0.25, 0.3) is 0 Å². The van der Waals surface area contributed by atoms with Gasteiger partial charge < -0.3 is 0 Å². The first-order valence-electron chi connectivity index (χ1n) is 5.29. The predicted molar refractivity (Wildman–Crippen MR) is 64.4 cm³/mol.